The summed E-state index contributed by atoms with van der Waals surface area (Å²) < 4.78 is 2.10. The summed E-state index contributed by atoms with van der Waals surface area (Å²) in [6, 6.07) is 0. The minimum Gasteiger partial charge on any atom is -0.337 e. The van der Waals surface area contributed by atoms with E-state index >= 15 is 0 Å². The van der Waals surface area contributed by atoms with Crippen LogP contribution in [0.3, 0.4) is 0 Å². The van der Waals surface area contributed by atoms with Crippen molar-refractivity contribution >= 4 is 12.6 Å². The third kappa shape index (κ3) is 3.05. The van der Waals surface area contributed by atoms with E-state index in [-0.39, 0.29) is 0 Å². The maximum atomic E-state index is 4.56. The first kappa shape index (κ1) is 13.0. The van der Waals surface area contributed by atoms with Gasteiger partial charge in [-0.2, -0.15) is 12.6 Å². The van der Waals surface area contributed by atoms with Gasteiger partial charge in [0.2, 0.25) is 0 Å². The Morgan fingerprint density at radius 3 is 2.71 bits per heavy atom. The van der Waals surface area contributed by atoms with E-state index in [1.807, 2.05) is 12.4 Å². The molecule has 1 aromatic rings. The lowest BCUT2D eigenvalue weighted by Crippen LogP contribution is -2.35. The van der Waals surface area contributed by atoms with Gasteiger partial charge in [0.25, 0.3) is 0 Å². The van der Waals surface area contributed by atoms with Crippen molar-refractivity contribution in [2.45, 2.75) is 32.2 Å². The van der Waals surface area contributed by atoms with Gasteiger partial charge in [-0.25, -0.2) is 4.98 Å². The maximum Gasteiger partial charge on any atom is 0.122 e. The number of imidazole rings is 1. The number of hydrogen-bond acceptors (Lipinski definition) is 3. The predicted molar refractivity (Wildman–Crippen MR) is 74.3 cm³/mol. The first-order valence-corrected chi connectivity index (χ1v) is 7.04. The molecule has 0 atom stereocenters. The molecule has 1 saturated carbocycles. The summed E-state index contributed by atoms with van der Waals surface area (Å²) >= 11 is 4.56. The molecule has 0 spiro atoms. The van der Waals surface area contributed by atoms with Crippen molar-refractivity contribution in [2.75, 3.05) is 19.3 Å². The van der Waals surface area contributed by atoms with Crippen LogP contribution in [0, 0.1) is 5.41 Å². The molecule has 3 nitrogen and oxygen atoms in total. The smallest absolute Gasteiger partial charge is 0.122 e. The number of hydrogen-bond donors (Lipinski definition) is 1. The van der Waals surface area contributed by atoms with Crippen LogP contribution in [0.5, 0.6) is 0 Å². The zero-order valence-corrected chi connectivity index (χ0v) is 11.8. The second kappa shape index (κ2) is 5.44. The fourth-order valence-corrected chi connectivity index (χ4v) is 3.33. The summed E-state index contributed by atoms with van der Waals surface area (Å²) in [6.45, 7) is 2.07. The Bertz CT molecular complexity index is 355. The molecule has 0 aliphatic heterocycles. The van der Waals surface area contributed by atoms with Gasteiger partial charge in [0, 0.05) is 26.0 Å². The predicted octanol–water partition coefficient (Wildman–Crippen LogP) is 2.34. The molecule has 0 N–H and O–H groups in total. The SMILES string of the molecule is CN(Cc1nccn1C)CC1(CS)CCCC1. The Morgan fingerprint density at radius 2 is 2.18 bits per heavy atom. The molecule has 0 amide bonds. The summed E-state index contributed by atoms with van der Waals surface area (Å²) in [5.74, 6) is 2.15. The third-order valence-corrected chi connectivity index (χ3v) is 4.61. The van der Waals surface area contributed by atoms with Gasteiger partial charge in [-0.1, -0.05) is 12.8 Å². The topological polar surface area (TPSA) is 21.1 Å². The second-order valence-corrected chi connectivity index (χ2v) is 5.81. The van der Waals surface area contributed by atoms with Gasteiger partial charge in [0.1, 0.15) is 5.82 Å². The van der Waals surface area contributed by atoms with E-state index in [2.05, 4.69) is 41.2 Å². The molecule has 1 fully saturated rings. The monoisotopic (exact) mass is 253 g/mol. The van der Waals surface area contributed by atoms with Crippen LogP contribution in [0.25, 0.3) is 0 Å². The lowest BCUT2D eigenvalue weighted by Gasteiger charge is -2.32. The highest BCUT2D eigenvalue weighted by Crippen LogP contribution is 2.39. The van der Waals surface area contributed by atoms with E-state index in [4.69, 9.17) is 0 Å². The molecule has 1 aromatic heterocycles. The number of nitrogens with zero attached hydrogens (tertiary/aromatic N) is 3. The Balaban J connectivity index is 1.92. The molecular weight excluding hydrogens is 230 g/mol. The van der Waals surface area contributed by atoms with Crippen molar-refractivity contribution in [1.29, 1.82) is 0 Å². The Labute approximate surface area is 110 Å². The van der Waals surface area contributed by atoms with Crippen LogP contribution in [0.2, 0.25) is 0 Å². The van der Waals surface area contributed by atoms with E-state index in [9.17, 15) is 0 Å². The van der Waals surface area contributed by atoms with E-state index in [0.717, 1.165) is 24.7 Å². The maximum absolute atomic E-state index is 4.56. The van der Waals surface area contributed by atoms with Gasteiger partial charge in [0.05, 0.1) is 6.54 Å². The first-order chi connectivity index (χ1) is 8.15. The normalized spacial score (nSPS) is 19.1. The number of aryl methyl sites for hydroxylation is 1. The van der Waals surface area contributed by atoms with Gasteiger partial charge in [-0.05, 0) is 31.1 Å². The molecule has 1 aliphatic rings. The van der Waals surface area contributed by atoms with Crippen LogP contribution in [-0.4, -0.2) is 33.8 Å². The lowest BCUT2D eigenvalue weighted by molar-refractivity contribution is 0.191. The summed E-state index contributed by atoms with van der Waals surface area (Å²) in [6.07, 6.45) is 9.29. The van der Waals surface area contributed by atoms with Crippen LogP contribution >= 0.6 is 12.6 Å². The number of thiol groups is 1. The first-order valence-electron chi connectivity index (χ1n) is 6.41. The molecule has 17 heavy (non-hydrogen) atoms. The van der Waals surface area contributed by atoms with Gasteiger partial charge in [0.15, 0.2) is 0 Å². The molecule has 0 radical (unpaired) electrons. The van der Waals surface area contributed by atoms with Crippen LogP contribution in [0.4, 0.5) is 0 Å². The second-order valence-electron chi connectivity index (χ2n) is 5.49. The molecule has 1 heterocycles. The molecule has 0 saturated heterocycles. The summed E-state index contributed by atoms with van der Waals surface area (Å²) in [5.41, 5.74) is 0.447. The zero-order valence-electron chi connectivity index (χ0n) is 10.9. The molecule has 96 valence electrons. The zero-order chi connectivity index (χ0) is 12.3. The van der Waals surface area contributed by atoms with E-state index in [1.165, 1.54) is 25.7 Å². The molecule has 1 aliphatic carbocycles. The van der Waals surface area contributed by atoms with E-state index < -0.39 is 0 Å². The molecule has 0 unspecified atom stereocenters. The van der Waals surface area contributed by atoms with E-state index in [0.29, 0.717) is 5.41 Å². The fraction of sp³-hybridized carbons (Fsp3) is 0.769. The van der Waals surface area contributed by atoms with Crippen molar-refractivity contribution in [3.63, 3.8) is 0 Å². The minimum atomic E-state index is 0.447. The number of aromatic nitrogens is 2. The van der Waals surface area contributed by atoms with Crippen molar-refractivity contribution in [3.05, 3.63) is 18.2 Å². The molecular formula is C13H23N3S. The summed E-state index contributed by atoms with van der Waals surface area (Å²) in [4.78, 5) is 6.77. The fourth-order valence-electron chi connectivity index (χ4n) is 2.91. The van der Waals surface area contributed by atoms with Crippen LogP contribution in [-0.2, 0) is 13.6 Å². The van der Waals surface area contributed by atoms with Crippen LogP contribution in [0.1, 0.15) is 31.5 Å². The van der Waals surface area contributed by atoms with Crippen LogP contribution in [0.15, 0.2) is 12.4 Å². The van der Waals surface area contributed by atoms with Crippen LogP contribution < -0.4 is 0 Å². The number of rotatable bonds is 5. The summed E-state index contributed by atoms with van der Waals surface area (Å²) in [5, 5.41) is 0. The average molecular weight is 253 g/mol. The van der Waals surface area contributed by atoms with Gasteiger partial charge in [-0.3, -0.25) is 4.90 Å². The van der Waals surface area contributed by atoms with Gasteiger partial charge >= 0.3 is 0 Å². The average Bonchev–Trinajstić information content (AvgIpc) is 2.90. The lowest BCUT2D eigenvalue weighted by atomic mass is 9.88. The van der Waals surface area contributed by atoms with Crippen molar-refractivity contribution in [2.24, 2.45) is 12.5 Å². The third-order valence-electron chi connectivity index (χ3n) is 3.94. The van der Waals surface area contributed by atoms with Crippen molar-refractivity contribution in [1.82, 2.24) is 14.5 Å². The van der Waals surface area contributed by atoms with E-state index in [1.54, 1.807) is 0 Å². The van der Waals surface area contributed by atoms with Gasteiger partial charge < -0.3 is 4.57 Å². The Hall–Kier alpha value is -0.480. The minimum absolute atomic E-state index is 0.447. The molecule has 2 rings (SSSR count). The highest BCUT2D eigenvalue weighted by atomic mass is 32.1. The summed E-state index contributed by atoms with van der Waals surface area (Å²) in [7, 11) is 4.25. The molecule has 0 aromatic carbocycles. The van der Waals surface area contributed by atoms with Crippen molar-refractivity contribution in [3.8, 4) is 0 Å². The molecule has 4 heteroatoms. The standard InChI is InChI=1S/C13H23N3S/c1-15(9-12-14-7-8-16(12)2)10-13(11-17)5-3-4-6-13/h7-8,17H,3-6,9-11H2,1-2H3. The van der Waals surface area contributed by atoms with Crippen molar-refractivity contribution < 1.29 is 0 Å². The molecule has 0 bridgehead atoms. The highest BCUT2D eigenvalue weighted by Gasteiger charge is 2.33. The Kier molecular flexibility index (Phi) is 4.15. The quantitative estimate of drug-likeness (QED) is 0.813. The highest BCUT2D eigenvalue weighted by molar-refractivity contribution is 7.80. The Morgan fingerprint density at radius 1 is 1.47 bits per heavy atom. The van der Waals surface area contributed by atoms with Gasteiger partial charge in [-0.15, -0.1) is 0 Å². The largest absolute Gasteiger partial charge is 0.337 e.